The number of hydrogen-bond acceptors (Lipinski definition) is 3. The maximum Gasteiger partial charge on any atom is 0.243 e. The average Bonchev–Trinajstić information content (AvgIpc) is 2.88. The maximum absolute atomic E-state index is 14.0. The number of nitrogens with one attached hydrogen (secondary N) is 1. The number of benzene rings is 3. The van der Waals surface area contributed by atoms with Crippen molar-refractivity contribution in [1.29, 1.82) is 0 Å². The van der Waals surface area contributed by atoms with E-state index in [4.69, 9.17) is 0 Å². The Bertz CT molecular complexity index is 1080. The number of halogens is 1. The first-order valence-corrected chi connectivity index (χ1v) is 13.1. The van der Waals surface area contributed by atoms with E-state index < -0.39 is 6.04 Å². The van der Waals surface area contributed by atoms with Crippen LogP contribution in [-0.4, -0.2) is 34.6 Å². The molecule has 6 heteroatoms. The number of nitrogens with zero attached hydrogens (tertiary/aromatic N) is 1. The summed E-state index contributed by atoms with van der Waals surface area (Å²) in [5.41, 5.74) is 2.51. The molecule has 3 rings (SSSR count). The van der Waals surface area contributed by atoms with E-state index in [2.05, 4.69) is 5.32 Å². The number of thioether (sulfide) groups is 1. The van der Waals surface area contributed by atoms with Crippen molar-refractivity contribution in [2.24, 2.45) is 0 Å². The molecule has 0 fully saturated rings. The van der Waals surface area contributed by atoms with Crippen molar-refractivity contribution in [1.82, 2.24) is 10.2 Å². The Morgan fingerprint density at radius 2 is 1.51 bits per heavy atom. The van der Waals surface area contributed by atoms with E-state index in [-0.39, 0.29) is 29.4 Å². The zero-order valence-corrected chi connectivity index (χ0v) is 21.1. The number of hydrogen-bond donors (Lipinski definition) is 1. The molecule has 0 heterocycles. The second-order valence-corrected chi connectivity index (χ2v) is 9.60. The Balaban J connectivity index is 1.84. The topological polar surface area (TPSA) is 49.4 Å². The van der Waals surface area contributed by atoms with Crippen molar-refractivity contribution in [3.8, 4) is 0 Å². The van der Waals surface area contributed by atoms with E-state index in [9.17, 15) is 14.0 Å². The second kappa shape index (κ2) is 13.7. The summed E-state index contributed by atoms with van der Waals surface area (Å²) in [6.45, 7) is 4.31. The van der Waals surface area contributed by atoms with Gasteiger partial charge in [-0.2, -0.15) is 0 Å². The molecule has 0 saturated heterocycles. The van der Waals surface area contributed by atoms with E-state index in [0.29, 0.717) is 24.3 Å². The van der Waals surface area contributed by atoms with E-state index in [1.54, 1.807) is 23.1 Å². The van der Waals surface area contributed by atoms with Gasteiger partial charge < -0.3 is 10.2 Å². The minimum absolute atomic E-state index is 0.00452. The maximum atomic E-state index is 14.0. The summed E-state index contributed by atoms with van der Waals surface area (Å²) < 4.78 is 14.0. The van der Waals surface area contributed by atoms with Gasteiger partial charge in [0.15, 0.2) is 0 Å². The predicted molar refractivity (Wildman–Crippen MR) is 141 cm³/mol. The Labute approximate surface area is 211 Å². The zero-order valence-electron chi connectivity index (χ0n) is 20.3. The van der Waals surface area contributed by atoms with Crippen LogP contribution in [0.2, 0.25) is 0 Å². The minimum atomic E-state index is -0.659. The third-order valence-electron chi connectivity index (χ3n) is 5.91. The summed E-state index contributed by atoms with van der Waals surface area (Å²) in [6, 6.07) is 25.4. The van der Waals surface area contributed by atoms with E-state index in [0.717, 1.165) is 17.5 Å². The normalized spacial score (nSPS) is 12.5. The van der Waals surface area contributed by atoms with Crippen LogP contribution in [-0.2, 0) is 28.3 Å². The minimum Gasteiger partial charge on any atom is -0.352 e. The Morgan fingerprint density at radius 3 is 2.14 bits per heavy atom. The molecule has 2 atom stereocenters. The molecular formula is C29H33FN2O2S. The first kappa shape index (κ1) is 26.5. The van der Waals surface area contributed by atoms with Crippen LogP contribution in [0.25, 0.3) is 0 Å². The lowest BCUT2D eigenvalue weighted by molar-refractivity contribution is -0.139. The SMILES string of the molecule is CC[C@H](C)NC(=O)[C@H](Cc1ccccc1)N(Cc1ccccc1)C(=O)CSCc1ccccc1F. The summed E-state index contributed by atoms with van der Waals surface area (Å²) in [5, 5.41) is 3.07. The van der Waals surface area contributed by atoms with Gasteiger partial charge in [0.1, 0.15) is 11.9 Å². The van der Waals surface area contributed by atoms with Crippen LogP contribution in [0.3, 0.4) is 0 Å². The fourth-order valence-electron chi connectivity index (χ4n) is 3.72. The molecule has 0 saturated carbocycles. The van der Waals surface area contributed by atoms with Crippen LogP contribution in [0.1, 0.15) is 37.0 Å². The lowest BCUT2D eigenvalue weighted by Gasteiger charge is -2.32. The number of carbonyl (C=O) groups excluding carboxylic acids is 2. The van der Waals surface area contributed by atoms with Crippen LogP contribution >= 0.6 is 11.8 Å². The summed E-state index contributed by atoms with van der Waals surface area (Å²) in [4.78, 5) is 28.7. The Morgan fingerprint density at radius 1 is 0.914 bits per heavy atom. The van der Waals surface area contributed by atoms with E-state index >= 15 is 0 Å². The monoisotopic (exact) mass is 492 g/mol. The van der Waals surface area contributed by atoms with Gasteiger partial charge in [-0.3, -0.25) is 9.59 Å². The summed E-state index contributed by atoms with van der Waals surface area (Å²) in [6.07, 6.45) is 1.22. The lowest BCUT2D eigenvalue weighted by Crippen LogP contribution is -2.52. The predicted octanol–water partition coefficient (Wildman–Crippen LogP) is 5.61. The van der Waals surface area contributed by atoms with Gasteiger partial charge in [0.2, 0.25) is 11.8 Å². The van der Waals surface area contributed by atoms with Crippen LogP contribution in [0.15, 0.2) is 84.9 Å². The average molecular weight is 493 g/mol. The number of amides is 2. The molecule has 0 aromatic heterocycles. The summed E-state index contributed by atoms with van der Waals surface area (Å²) in [5.74, 6) is -0.0335. The van der Waals surface area contributed by atoms with Crippen molar-refractivity contribution >= 4 is 23.6 Å². The van der Waals surface area contributed by atoms with Gasteiger partial charge in [-0.25, -0.2) is 4.39 Å². The third kappa shape index (κ3) is 8.25. The molecule has 0 aliphatic heterocycles. The fourth-order valence-corrected chi connectivity index (χ4v) is 4.62. The largest absolute Gasteiger partial charge is 0.352 e. The van der Waals surface area contributed by atoms with Crippen molar-refractivity contribution in [3.63, 3.8) is 0 Å². The highest BCUT2D eigenvalue weighted by Gasteiger charge is 2.30. The van der Waals surface area contributed by atoms with Gasteiger partial charge in [-0.15, -0.1) is 11.8 Å². The fraction of sp³-hybridized carbons (Fsp3) is 0.310. The van der Waals surface area contributed by atoms with Crippen LogP contribution in [0.4, 0.5) is 4.39 Å². The Kier molecular flexibility index (Phi) is 10.4. The van der Waals surface area contributed by atoms with Crippen molar-refractivity contribution in [2.45, 2.75) is 51.1 Å². The lowest BCUT2D eigenvalue weighted by atomic mass is 10.0. The van der Waals surface area contributed by atoms with Crippen LogP contribution in [0.5, 0.6) is 0 Å². The summed E-state index contributed by atoms with van der Waals surface area (Å²) in [7, 11) is 0. The van der Waals surface area contributed by atoms with E-state index in [1.165, 1.54) is 17.8 Å². The molecular weight excluding hydrogens is 459 g/mol. The van der Waals surface area contributed by atoms with Gasteiger partial charge in [0, 0.05) is 24.8 Å². The number of rotatable bonds is 12. The molecule has 0 aliphatic carbocycles. The third-order valence-corrected chi connectivity index (χ3v) is 6.88. The first-order chi connectivity index (χ1) is 17.0. The molecule has 35 heavy (non-hydrogen) atoms. The van der Waals surface area contributed by atoms with Gasteiger partial charge in [-0.05, 0) is 36.1 Å². The smallest absolute Gasteiger partial charge is 0.243 e. The first-order valence-electron chi connectivity index (χ1n) is 12.0. The van der Waals surface area contributed by atoms with E-state index in [1.807, 2.05) is 74.5 Å². The summed E-state index contributed by atoms with van der Waals surface area (Å²) >= 11 is 1.36. The van der Waals surface area contributed by atoms with Crippen molar-refractivity contribution in [3.05, 3.63) is 107 Å². The molecule has 0 bridgehead atoms. The Hall–Kier alpha value is -3.12. The molecule has 184 valence electrons. The van der Waals surface area contributed by atoms with Gasteiger partial charge >= 0.3 is 0 Å². The molecule has 4 nitrogen and oxygen atoms in total. The quantitative estimate of drug-likeness (QED) is 0.357. The molecule has 0 radical (unpaired) electrons. The van der Waals surface area contributed by atoms with Crippen molar-refractivity contribution in [2.75, 3.05) is 5.75 Å². The van der Waals surface area contributed by atoms with Crippen LogP contribution < -0.4 is 5.32 Å². The van der Waals surface area contributed by atoms with Gasteiger partial charge in [0.25, 0.3) is 0 Å². The zero-order chi connectivity index (χ0) is 25.0. The molecule has 0 spiro atoms. The standard InChI is InChI=1S/C29H33FN2O2S/c1-3-22(2)31-29(34)27(18-23-12-6-4-7-13-23)32(19-24-14-8-5-9-15-24)28(33)21-35-20-25-16-10-11-17-26(25)30/h4-17,22,27H,3,18-21H2,1-2H3,(H,31,34)/t22-,27-/m0/s1. The molecule has 3 aromatic rings. The molecule has 2 amide bonds. The molecule has 0 aliphatic rings. The molecule has 3 aromatic carbocycles. The second-order valence-electron chi connectivity index (χ2n) is 8.61. The molecule has 1 N–H and O–H groups in total. The highest BCUT2D eigenvalue weighted by atomic mass is 32.2. The van der Waals surface area contributed by atoms with Crippen LogP contribution in [0, 0.1) is 5.82 Å². The van der Waals surface area contributed by atoms with Gasteiger partial charge in [0.05, 0.1) is 5.75 Å². The highest BCUT2D eigenvalue weighted by Crippen LogP contribution is 2.20. The highest BCUT2D eigenvalue weighted by molar-refractivity contribution is 7.99. The van der Waals surface area contributed by atoms with Crippen molar-refractivity contribution < 1.29 is 14.0 Å². The van der Waals surface area contributed by atoms with Gasteiger partial charge in [-0.1, -0.05) is 85.8 Å². The number of carbonyl (C=O) groups is 2. The molecule has 0 unspecified atom stereocenters.